The molecule has 1 rings (SSSR count). The predicted octanol–water partition coefficient (Wildman–Crippen LogP) is 2.52. The van der Waals surface area contributed by atoms with E-state index in [9.17, 15) is 18.0 Å². The molecule has 0 N–H and O–H groups in total. The van der Waals surface area contributed by atoms with Crippen LogP contribution in [0.1, 0.15) is 32.6 Å². The van der Waals surface area contributed by atoms with Crippen molar-refractivity contribution in [3.8, 4) is 0 Å². The molecule has 1 aliphatic rings. The second-order valence-corrected chi connectivity index (χ2v) is 5.49. The SMILES string of the molecule is CCC[C@@H]1CN(C(=O)CCC(F)(F)F)C[C@H]1N(C)C. The summed E-state index contributed by atoms with van der Waals surface area (Å²) in [5.74, 6) is -0.00221. The Hall–Kier alpha value is -0.780. The Morgan fingerprint density at radius 1 is 1.32 bits per heavy atom. The van der Waals surface area contributed by atoms with Crippen molar-refractivity contribution >= 4 is 5.91 Å². The van der Waals surface area contributed by atoms with Gasteiger partial charge in [-0.15, -0.1) is 0 Å². The van der Waals surface area contributed by atoms with E-state index in [4.69, 9.17) is 0 Å². The Labute approximate surface area is 112 Å². The van der Waals surface area contributed by atoms with Crippen molar-refractivity contribution in [2.75, 3.05) is 27.2 Å². The fourth-order valence-corrected chi connectivity index (χ4v) is 2.70. The van der Waals surface area contributed by atoms with Crippen LogP contribution in [0.3, 0.4) is 0 Å². The van der Waals surface area contributed by atoms with E-state index in [1.54, 1.807) is 4.90 Å². The maximum absolute atomic E-state index is 12.1. The van der Waals surface area contributed by atoms with Gasteiger partial charge in [-0.1, -0.05) is 13.3 Å². The molecule has 0 aromatic rings. The third-order valence-corrected chi connectivity index (χ3v) is 3.70. The van der Waals surface area contributed by atoms with Gasteiger partial charge in [-0.25, -0.2) is 0 Å². The zero-order chi connectivity index (χ0) is 14.6. The van der Waals surface area contributed by atoms with Crippen LogP contribution in [0.25, 0.3) is 0 Å². The first-order chi connectivity index (χ1) is 8.74. The Morgan fingerprint density at radius 2 is 1.95 bits per heavy atom. The minimum Gasteiger partial charge on any atom is -0.341 e. The van der Waals surface area contributed by atoms with Crippen LogP contribution in [0.5, 0.6) is 0 Å². The molecule has 112 valence electrons. The van der Waals surface area contributed by atoms with Crippen LogP contribution in [0.4, 0.5) is 13.2 Å². The molecule has 0 aromatic carbocycles. The second-order valence-electron chi connectivity index (χ2n) is 5.49. The lowest BCUT2D eigenvalue weighted by Gasteiger charge is -2.24. The molecule has 1 fully saturated rings. The van der Waals surface area contributed by atoms with Crippen LogP contribution in [0.2, 0.25) is 0 Å². The highest BCUT2D eigenvalue weighted by Crippen LogP contribution is 2.27. The summed E-state index contributed by atoms with van der Waals surface area (Å²) in [5.41, 5.74) is 0. The number of rotatable bonds is 5. The van der Waals surface area contributed by atoms with Gasteiger partial charge in [-0.3, -0.25) is 4.79 Å². The number of likely N-dealkylation sites (N-methyl/N-ethyl adjacent to an activating group) is 1. The average molecular weight is 280 g/mol. The number of halogens is 3. The molecule has 1 saturated heterocycles. The first kappa shape index (κ1) is 16.3. The maximum atomic E-state index is 12.1. The summed E-state index contributed by atoms with van der Waals surface area (Å²) in [6.45, 7) is 3.22. The van der Waals surface area contributed by atoms with Gasteiger partial charge in [-0.2, -0.15) is 13.2 Å². The molecule has 0 bridgehead atoms. The highest BCUT2D eigenvalue weighted by molar-refractivity contribution is 5.76. The third-order valence-electron chi connectivity index (χ3n) is 3.70. The highest BCUT2D eigenvalue weighted by atomic mass is 19.4. The molecule has 0 saturated carbocycles. The van der Waals surface area contributed by atoms with E-state index in [2.05, 4.69) is 11.8 Å². The van der Waals surface area contributed by atoms with Crippen molar-refractivity contribution in [2.24, 2.45) is 5.92 Å². The number of likely N-dealkylation sites (tertiary alicyclic amines) is 1. The number of alkyl halides is 3. The van der Waals surface area contributed by atoms with Gasteiger partial charge in [0.2, 0.25) is 5.91 Å². The smallest absolute Gasteiger partial charge is 0.341 e. The van der Waals surface area contributed by atoms with Gasteiger partial charge in [0, 0.05) is 25.6 Å². The molecule has 2 atom stereocenters. The molecule has 1 amide bonds. The Morgan fingerprint density at radius 3 is 2.42 bits per heavy atom. The van der Waals surface area contributed by atoms with Gasteiger partial charge in [-0.05, 0) is 26.4 Å². The number of amides is 1. The zero-order valence-corrected chi connectivity index (χ0v) is 11.8. The van der Waals surface area contributed by atoms with E-state index in [0.29, 0.717) is 19.0 Å². The van der Waals surface area contributed by atoms with Crippen molar-refractivity contribution in [2.45, 2.75) is 44.8 Å². The van der Waals surface area contributed by atoms with Gasteiger partial charge in [0.25, 0.3) is 0 Å². The van der Waals surface area contributed by atoms with Crippen LogP contribution >= 0.6 is 0 Å². The molecular weight excluding hydrogens is 257 g/mol. The van der Waals surface area contributed by atoms with Crippen molar-refractivity contribution in [3.63, 3.8) is 0 Å². The van der Waals surface area contributed by atoms with Gasteiger partial charge in [0.1, 0.15) is 0 Å². The van der Waals surface area contributed by atoms with Crippen LogP contribution in [-0.2, 0) is 4.79 Å². The van der Waals surface area contributed by atoms with Crippen molar-refractivity contribution in [1.82, 2.24) is 9.80 Å². The number of hydrogen-bond acceptors (Lipinski definition) is 2. The molecule has 0 unspecified atom stereocenters. The summed E-state index contributed by atoms with van der Waals surface area (Å²) in [7, 11) is 3.91. The van der Waals surface area contributed by atoms with Crippen LogP contribution in [0, 0.1) is 5.92 Å². The molecule has 0 aliphatic carbocycles. The molecule has 3 nitrogen and oxygen atoms in total. The van der Waals surface area contributed by atoms with Gasteiger partial charge >= 0.3 is 6.18 Å². The first-order valence-corrected chi connectivity index (χ1v) is 6.75. The van der Waals surface area contributed by atoms with Gasteiger partial charge < -0.3 is 9.80 Å². The van der Waals surface area contributed by atoms with Crippen molar-refractivity contribution in [3.05, 3.63) is 0 Å². The van der Waals surface area contributed by atoms with E-state index >= 15 is 0 Å². The summed E-state index contributed by atoms with van der Waals surface area (Å²) in [4.78, 5) is 15.5. The summed E-state index contributed by atoms with van der Waals surface area (Å²) in [6, 6.07) is 0.259. The number of carbonyl (C=O) groups is 1. The molecular formula is C13H23F3N2O. The standard InChI is InChI=1S/C13H23F3N2O/c1-4-5-10-8-18(9-11(10)17(2)3)12(19)6-7-13(14,15)16/h10-11H,4-9H2,1-3H3/t10-,11-/m1/s1. The minimum atomic E-state index is -4.25. The van der Waals surface area contributed by atoms with E-state index in [1.165, 1.54) is 0 Å². The molecule has 19 heavy (non-hydrogen) atoms. The monoisotopic (exact) mass is 280 g/mol. The summed E-state index contributed by atoms with van der Waals surface area (Å²) >= 11 is 0. The molecule has 0 spiro atoms. The van der Waals surface area contributed by atoms with E-state index < -0.39 is 19.0 Å². The predicted molar refractivity (Wildman–Crippen MR) is 67.7 cm³/mol. The lowest BCUT2D eigenvalue weighted by atomic mass is 9.98. The second kappa shape index (κ2) is 6.59. The summed E-state index contributed by atoms with van der Waals surface area (Å²) in [5, 5.41) is 0. The van der Waals surface area contributed by atoms with Gasteiger partial charge in [0.05, 0.1) is 6.42 Å². The topological polar surface area (TPSA) is 23.6 Å². The van der Waals surface area contributed by atoms with Gasteiger partial charge in [0.15, 0.2) is 0 Å². The fourth-order valence-electron chi connectivity index (χ4n) is 2.70. The number of hydrogen-bond donors (Lipinski definition) is 0. The van der Waals surface area contributed by atoms with Crippen LogP contribution in [-0.4, -0.2) is 55.1 Å². The third kappa shape index (κ3) is 5.01. The van der Waals surface area contributed by atoms with Crippen molar-refractivity contribution in [1.29, 1.82) is 0 Å². The largest absolute Gasteiger partial charge is 0.389 e. The normalized spacial score (nSPS) is 24.3. The number of nitrogens with zero attached hydrogens (tertiary/aromatic N) is 2. The van der Waals surface area contributed by atoms with Crippen LogP contribution < -0.4 is 0 Å². The summed E-state index contributed by atoms with van der Waals surface area (Å²) in [6.07, 6.45) is -3.67. The van der Waals surface area contributed by atoms with E-state index in [0.717, 1.165) is 12.8 Å². The number of carbonyl (C=O) groups excluding carboxylic acids is 1. The van der Waals surface area contributed by atoms with E-state index in [1.807, 2.05) is 14.1 Å². The zero-order valence-electron chi connectivity index (χ0n) is 11.8. The molecule has 0 radical (unpaired) electrons. The van der Waals surface area contributed by atoms with Crippen molar-refractivity contribution < 1.29 is 18.0 Å². The van der Waals surface area contributed by atoms with E-state index in [-0.39, 0.29) is 11.9 Å². The minimum absolute atomic E-state index is 0.259. The first-order valence-electron chi connectivity index (χ1n) is 6.75. The molecule has 6 heteroatoms. The molecule has 1 heterocycles. The molecule has 1 aliphatic heterocycles. The Balaban J connectivity index is 2.54. The summed E-state index contributed by atoms with van der Waals surface area (Å²) < 4.78 is 36.4. The van der Waals surface area contributed by atoms with Crippen LogP contribution in [0.15, 0.2) is 0 Å². The molecule has 0 aromatic heterocycles. The highest BCUT2D eigenvalue weighted by Gasteiger charge is 2.37. The lowest BCUT2D eigenvalue weighted by molar-refractivity contribution is -0.148. The quantitative estimate of drug-likeness (QED) is 0.772. The fraction of sp³-hybridized carbons (Fsp3) is 0.923. The lowest BCUT2D eigenvalue weighted by Crippen LogP contribution is -2.36. The Bertz CT molecular complexity index is 305. The maximum Gasteiger partial charge on any atom is 0.389 e. The average Bonchev–Trinajstić information content (AvgIpc) is 2.69. The Kier molecular flexibility index (Phi) is 5.64.